The Hall–Kier alpha value is -1.79. The molecule has 0 aliphatic heterocycles. The Bertz CT molecular complexity index is 458. The van der Waals surface area contributed by atoms with Crippen LogP contribution in [0.2, 0.25) is 0 Å². The first kappa shape index (κ1) is 14.3. The summed E-state index contributed by atoms with van der Waals surface area (Å²) in [4.78, 5) is 0. The molecule has 1 rings (SSSR count). The molecule has 0 unspecified atom stereocenters. The maximum absolute atomic E-state index is 8.61. The number of methoxy groups -OCH3 is 1. The van der Waals surface area contributed by atoms with Crippen LogP contribution in [0.5, 0.6) is 5.75 Å². The van der Waals surface area contributed by atoms with Gasteiger partial charge in [-0.05, 0) is 56.0 Å². The van der Waals surface area contributed by atoms with E-state index in [1.807, 2.05) is 13.0 Å². The quantitative estimate of drug-likeness (QED) is 0.618. The third-order valence-electron chi connectivity index (χ3n) is 2.82. The summed E-state index contributed by atoms with van der Waals surface area (Å²) in [5.41, 5.74) is 8.82. The first-order valence-electron chi connectivity index (χ1n) is 6.16. The van der Waals surface area contributed by atoms with E-state index >= 15 is 0 Å². The molecule has 0 aromatic heterocycles. The zero-order chi connectivity index (χ0) is 13.4. The highest BCUT2D eigenvalue weighted by molar-refractivity contribution is 5.62. The average Bonchev–Trinajstić information content (AvgIpc) is 2.36. The number of nitriles is 1. The van der Waals surface area contributed by atoms with E-state index in [0.717, 1.165) is 42.7 Å². The third kappa shape index (κ3) is 3.90. The summed E-state index contributed by atoms with van der Waals surface area (Å²) in [6, 6.07) is 6.22. The zero-order valence-corrected chi connectivity index (χ0v) is 11.1. The molecule has 3 heteroatoms. The number of hydrogen-bond donors (Lipinski definition) is 1. The largest absolute Gasteiger partial charge is 0.496 e. The summed E-state index contributed by atoms with van der Waals surface area (Å²) in [6.07, 6.45) is 6.40. The normalized spacial score (nSPS) is 10.6. The Morgan fingerprint density at radius 3 is 2.78 bits per heavy atom. The third-order valence-corrected chi connectivity index (χ3v) is 2.82. The highest BCUT2D eigenvalue weighted by Crippen LogP contribution is 2.27. The molecule has 1 aromatic rings. The van der Waals surface area contributed by atoms with Gasteiger partial charge in [-0.15, -0.1) is 0 Å². The Labute approximate surface area is 109 Å². The van der Waals surface area contributed by atoms with Crippen LogP contribution in [0.3, 0.4) is 0 Å². The lowest BCUT2D eigenvalue weighted by atomic mass is 10.0. The van der Waals surface area contributed by atoms with Crippen LogP contribution in [0.15, 0.2) is 18.2 Å². The molecule has 0 spiro atoms. The summed E-state index contributed by atoms with van der Waals surface area (Å²) in [5.74, 6) is 0.837. The first-order valence-corrected chi connectivity index (χ1v) is 6.16. The second-order valence-electron chi connectivity index (χ2n) is 4.24. The van der Waals surface area contributed by atoms with Crippen LogP contribution in [0, 0.1) is 18.3 Å². The van der Waals surface area contributed by atoms with Gasteiger partial charge in [0.2, 0.25) is 0 Å². The molecule has 0 radical (unpaired) electrons. The molecule has 0 saturated carbocycles. The van der Waals surface area contributed by atoms with Gasteiger partial charge in [-0.1, -0.05) is 6.07 Å². The molecular formula is C15H20N2O. The van der Waals surface area contributed by atoms with E-state index in [-0.39, 0.29) is 0 Å². The molecule has 0 fully saturated rings. The molecule has 1 aromatic carbocycles. The molecule has 3 nitrogen and oxygen atoms in total. The van der Waals surface area contributed by atoms with Crippen molar-refractivity contribution in [1.82, 2.24) is 0 Å². The van der Waals surface area contributed by atoms with Gasteiger partial charge in [0.15, 0.2) is 0 Å². The summed E-state index contributed by atoms with van der Waals surface area (Å²) < 4.78 is 5.37. The van der Waals surface area contributed by atoms with Crippen molar-refractivity contribution < 1.29 is 4.74 Å². The topological polar surface area (TPSA) is 59.0 Å². The van der Waals surface area contributed by atoms with Crippen LogP contribution >= 0.6 is 0 Å². The minimum absolute atomic E-state index is 0.732. The van der Waals surface area contributed by atoms with E-state index in [0.29, 0.717) is 0 Å². The van der Waals surface area contributed by atoms with Gasteiger partial charge in [0.05, 0.1) is 13.2 Å². The van der Waals surface area contributed by atoms with Crippen LogP contribution in [0.25, 0.3) is 6.08 Å². The van der Waals surface area contributed by atoms with Gasteiger partial charge >= 0.3 is 0 Å². The number of ether oxygens (including phenoxy) is 1. The predicted molar refractivity (Wildman–Crippen MR) is 74.4 cm³/mol. The van der Waals surface area contributed by atoms with Crippen molar-refractivity contribution in [1.29, 1.82) is 5.26 Å². The molecule has 0 bridgehead atoms. The zero-order valence-electron chi connectivity index (χ0n) is 11.1. The van der Waals surface area contributed by atoms with Gasteiger partial charge in [-0.25, -0.2) is 0 Å². The lowest BCUT2D eigenvalue weighted by Crippen LogP contribution is -2.00. The Kier molecular flexibility index (Phi) is 5.96. The Morgan fingerprint density at radius 1 is 1.39 bits per heavy atom. The van der Waals surface area contributed by atoms with Crippen LogP contribution in [0.1, 0.15) is 29.5 Å². The van der Waals surface area contributed by atoms with Crippen molar-refractivity contribution in [2.45, 2.75) is 26.2 Å². The summed E-state index contributed by atoms with van der Waals surface area (Å²) in [7, 11) is 1.65. The van der Waals surface area contributed by atoms with E-state index < -0.39 is 0 Å². The summed E-state index contributed by atoms with van der Waals surface area (Å²) in [6.45, 7) is 2.76. The molecular weight excluding hydrogens is 224 g/mol. The number of aryl methyl sites for hydroxylation is 2. The van der Waals surface area contributed by atoms with Crippen molar-refractivity contribution in [3.05, 3.63) is 34.9 Å². The minimum Gasteiger partial charge on any atom is -0.496 e. The van der Waals surface area contributed by atoms with Gasteiger partial charge < -0.3 is 10.5 Å². The Morgan fingerprint density at radius 2 is 2.17 bits per heavy atom. The molecule has 0 heterocycles. The van der Waals surface area contributed by atoms with Crippen molar-refractivity contribution in [3.8, 4) is 11.8 Å². The number of rotatable bonds is 6. The summed E-state index contributed by atoms with van der Waals surface area (Å²) >= 11 is 0. The summed E-state index contributed by atoms with van der Waals surface area (Å²) in [5, 5.41) is 8.61. The van der Waals surface area contributed by atoms with Gasteiger partial charge in [-0.2, -0.15) is 5.26 Å². The van der Waals surface area contributed by atoms with E-state index in [9.17, 15) is 0 Å². The second kappa shape index (κ2) is 7.52. The fraction of sp³-hybridized carbons (Fsp3) is 0.400. The molecule has 0 aliphatic carbocycles. The van der Waals surface area contributed by atoms with Crippen molar-refractivity contribution in [2.24, 2.45) is 5.73 Å². The number of benzene rings is 1. The lowest BCUT2D eigenvalue weighted by Gasteiger charge is -2.11. The predicted octanol–water partition coefficient (Wildman–Crippen LogP) is 2.82. The number of allylic oxidation sites excluding steroid dienone is 1. The van der Waals surface area contributed by atoms with Gasteiger partial charge in [0, 0.05) is 11.6 Å². The van der Waals surface area contributed by atoms with Gasteiger partial charge in [-0.3, -0.25) is 0 Å². The SMILES string of the molecule is COc1c(C)cc(CCCCN)cc1/C=C/C#N. The molecule has 0 amide bonds. The maximum atomic E-state index is 8.61. The number of hydrogen-bond acceptors (Lipinski definition) is 3. The highest BCUT2D eigenvalue weighted by atomic mass is 16.5. The van der Waals surface area contributed by atoms with E-state index in [4.69, 9.17) is 15.7 Å². The van der Waals surface area contributed by atoms with E-state index in [1.54, 1.807) is 13.2 Å². The fourth-order valence-corrected chi connectivity index (χ4v) is 2.03. The maximum Gasteiger partial charge on any atom is 0.129 e. The standard InChI is InChI=1S/C15H20N2O/c1-12-10-13(6-3-4-8-16)11-14(7-5-9-17)15(12)18-2/h5,7,10-11H,3-4,6,8,16H2,1-2H3/b7-5+. The number of nitrogens with two attached hydrogens (primary N) is 1. The monoisotopic (exact) mass is 244 g/mol. The van der Waals surface area contributed by atoms with Crippen molar-refractivity contribution in [2.75, 3.05) is 13.7 Å². The second-order valence-corrected chi connectivity index (χ2v) is 4.24. The van der Waals surface area contributed by atoms with Crippen molar-refractivity contribution in [3.63, 3.8) is 0 Å². The molecule has 96 valence electrons. The first-order chi connectivity index (χ1) is 8.72. The molecule has 0 atom stereocenters. The fourth-order valence-electron chi connectivity index (χ4n) is 2.03. The Balaban J connectivity index is 2.98. The van der Waals surface area contributed by atoms with Crippen molar-refractivity contribution >= 4 is 6.08 Å². The molecule has 0 saturated heterocycles. The van der Waals surface area contributed by atoms with Crippen LogP contribution in [-0.2, 0) is 6.42 Å². The number of unbranched alkanes of at least 4 members (excludes halogenated alkanes) is 1. The average molecular weight is 244 g/mol. The molecule has 2 N–H and O–H groups in total. The van der Waals surface area contributed by atoms with E-state index in [2.05, 4.69) is 12.1 Å². The van der Waals surface area contributed by atoms with Crippen LogP contribution in [-0.4, -0.2) is 13.7 Å². The highest BCUT2D eigenvalue weighted by Gasteiger charge is 2.06. The smallest absolute Gasteiger partial charge is 0.129 e. The van der Waals surface area contributed by atoms with Crippen LogP contribution < -0.4 is 10.5 Å². The van der Waals surface area contributed by atoms with Crippen LogP contribution in [0.4, 0.5) is 0 Å². The molecule has 18 heavy (non-hydrogen) atoms. The van der Waals surface area contributed by atoms with Gasteiger partial charge in [0.1, 0.15) is 5.75 Å². The minimum atomic E-state index is 0.732. The molecule has 0 aliphatic rings. The van der Waals surface area contributed by atoms with Gasteiger partial charge in [0.25, 0.3) is 0 Å². The lowest BCUT2D eigenvalue weighted by molar-refractivity contribution is 0.410. The van der Waals surface area contributed by atoms with E-state index in [1.165, 1.54) is 11.6 Å². The number of nitrogens with zero attached hydrogens (tertiary/aromatic N) is 1.